The Hall–Kier alpha value is -1.59. The summed E-state index contributed by atoms with van der Waals surface area (Å²) in [5, 5.41) is 18.2. The summed E-state index contributed by atoms with van der Waals surface area (Å²) in [5.74, 6) is 1.28. The number of aryl methyl sites for hydroxylation is 2. The molecule has 1 aromatic rings. The normalized spacial score (nSPS) is 11.1. The second-order valence-electron chi connectivity index (χ2n) is 5.69. The molecule has 0 unspecified atom stereocenters. The fourth-order valence-corrected chi connectivity index (χ4v) is 2.30. The van der Waals surface area contributed by atoms with Crippen molar-refractivity contribution < 1.29 is 4.92 Å². The Morgan fingerprint density at radius 1 is 1.30 bits per heavy atom. The predicted molar refractivity (Wildman–Crippen MR) is 81.0 cm³/mol. The van der Waals surface area contributed by atoms with Crippen LogP contribution in [0.4, 0.5) is 11.5 Å². The lowest BCUT2D eigenvalue weighted by atomic mass is 10.0. The number of rotatable bonds is 9. The van der Waals surface area contributed by atoms with E-state index in [2.05, 4.69) is 24.3 Å². The van der Waals surface area contributed by atoms with Gasteiger partial charge in [0.25, 0.3) is 0 Å². The number of aromatic nitrogens is 2. The minimum atomic E-state index is -0.368. The first kappa shape index (κ1) is 16.5. The summed E-state index contributed by atoms with van der Waals surface area (Å²) in [6.45, 7) is 6.90. The molecule has 6 heteroatoms. The molecule has 0 spiro atoms. The molecule has 0 radical (unpaired) electrons. The molecule has 0 aromatic carbocycles. The van der Waals surface area contributed by atoms with E-state index in [9.17, 15) is 10.1 Å². The van der Waals surface area contributed by atoms with Gasteiger partial charge in [0.05, 0.1) is 4.92 Å². The second kappa shape index (κ2) is 7.87. The molecule has 0 aliphatic carbocycles. The summed E-state index contributed by atoms with van der Waals surface area (Å²) >= 11 is 0. The molecule has 0 saturated carbocycles. The first-order valence-corrected chi connectivity index (χ1v) is 7.35. The highest BCUT2D eigenvalue weighted by atomic mass is 16.6. The lowest BCUT2D eigenvalue weighted by Gasteiger charge is -2.07. The highest BCUT2D eigenvalue weighted by Crippen LogP contribution is 2.27. The molecule has 20 heavy (non-hydrogen) atoms. The standard InChI is InChI=1S/C14H26N4O2/c1-11(2)9-7-5-6-8-10-15-14-13(18(19)20)12(3)16-17(14)4/h11,15H,5-10H2,1-4H3. The smallest absolute Gasteiger partial charge is 0.333 e. The third kappa shape index (κ3) is 4.83. The molecule has 1 heterocycles. The van der Waals surface area contributed by atoms with Gasteiger partial charge < -0.3 is 5.32 Å². The minimum Gasteiger partial charge on any atom is -0.365 e. The SMILES string of the molecule is Cc1nn(C)c(NCCCCCCC(C)C)c1[N+](=O)[O-]. The molecular formula is C14H26N4O2. The molecule has 1 rings (SSSR count). The Labute approximate surface area is 120 Å². The molecule has 1 aromatic heterocycles. The topological polar surface area (TPSA) is 73.0 Å². The van der Waals surface area contributed by atoms with E-state index in [-0.39, 0.29) is 10.6 Å². The van der Waals surface area contributed by atoms with E-state index in [1.165, 1.54) is 19.3 Å². The Bertz CT molecular complexity index is 441. The number of hydrogen-bond acceptors (Lipinski definition) is 4. The van der Waals surface area contributed by atoms with Crippen LogP contribution < -0.4 is 5.32 Å². The Kier molecular flexibility index (Phi) is 6.48. The van der Waals surface area contributed by atoms with Crippen LogP contribution in [0.1, 0.15) is 51.6 Å². The van der Waals surface area contributed by atoms with E-state index in [1.807, 2.05) is 0 Å². The Balaban J connectivity index is 2.34. The quantitative estimate of drug-likeness (QED) is 0.426. The van der Waals surface area contributed by atoms with Crippen molar-refractivity contribution in [3.05, 3.63) is 15.8 Å². The van der Waals surface area contributed by atoms with Crippen LogP contribution in [0.15, 0.2) is 0 Å². The molecule has 0 saturated heterocycles. The van der Waals surface area contributed by atoms with Crippen LogP contribution in [0.2, 0.25) is 0 Å². The van der Waals surface area contributed by atoms with Crippen molar-refractivity contribution in [2.45, 2.75) is 52.9 Å². The lowest BCUT2D eigenvalue weighted by Crippen LogP contribution is -2.08. The van der Waals surface area contributed by atoms with Crippen molar-refractivity contribution in [1.82, 2.24) is 9.78 Å². The van der Waals surface area contributed by atoms with Crippen molar-refractivity contribution in [1.29, 1.82) is 0 Å². The predicted octanol–water partition coefficient (Wildman–Crippen LogP) is 3.66. The summed E-state index contributed by atoms with van der Waals surface area (Å²) in [7, 11) is 1.73. The number of unbranched alkanes of at least 4 members (excludes halogenated alkanes) is 3. The number of hydrogen-bond donors (Lipinski definition) is 1. The maximum absolute atomic E-state index is 11.0. The van der Waals surface area contributed by atoms with Crippen LogP contribution in [-0.4, -0.2) is 21.2 Å². The Morgan fingerprint density at radius 2 is 1.95 bits per heavy atom. The van der Waals surface area contributed by atoms with Crippen LogP contribution in [0.5, 0.6) is 0 Å². The van der Waals surface area contributed by atoms with E-state index >= 15 is 0 Å². The van der Waals surface area contributed by atoms with E-state index < -0.39 is 0 Å². The molecule has 6 nitrogen and oxygen atoms in total. The van der Waals surface area contributed by atoms with E-state index in [1.54, 1.807) is 18.7 Å². The number of nitro groups is 1. The lowest BCUT2D eigenvalue weighted by molar-refractivity contribution is -0.384. The summed E-state index contributed by atoms with van der Waals surface area (Å²) in [6, 6.07) is 0. The number of nitrogens with one attached hydrogen (secondary N) is 1. The van der Waals surface area contributed by atoms with Gasteiger partial charge in [0.2, 0.25) is 5.82 Å². The first-order valence-electron chi connectivity index (χ1n) is 7.35. The van der Waals surface area contributed by atoms with Crippen molar-refractivity contribution in [3.63, 3.8) is 0 Å². The zero-order chi connectivity index (χ0) is 15.1. The van der Waals surface area contributed by atoms with Gasteiger partial charge in [0.15, 0.2) is 0 Å². The average Bonchev–Trinajstić information content (AvgIpc) is 2.62. The van der Waals surface area contributed by atoms with Gasteiger partial charge in [-0.2, -0.15) is 5.10 Å². The molecule has 0 bridgehead atoms. The van der Waals surface area contributed by atoms with E-state index in [4.69, 9.17) is 0 Å². The molecular weight excluding hydrogens is 256 g/mol. The maximum Gasteiger partial charge on any atom is 0.333 e. The zero-order valence-corrected chi connectivity index (χ0v) is 13.0. The van der Waals surface area contributed by atoms with Crippen LogP contribution >= 0.6 is 0 Å². The van der Waals surface area contributed by atoms with Crippen molar-refractivity contribution >= 4 is 11.5 Å². The summed E-state index contributed by atoms with van der Waals surface area (Å²) in [5.41, 5.74) is 0.546. The minimum absolute atomic E-state index is 0.0901. The van der Waals surface area contributed by atoms with E-state index in [0.717, 1.165) is 25.3 Å². The molecule has 114 valence electrons. The van der Waals surface area contributed by atoms with Gasteiger partial charge in [0.1, 0.15) is 5.69 Å². The fraction of sp³-hybridized carbons (Fsp3) is 0.786. The third-order valence-corrected chi connectivity index (χ3v) is 3.37. The van der Waals surface area contributed by atoms with Gasteiger partial charge in [-0.05, 0) is 19.3 Å². The van der Waals surface area contributed by atoms with Crippen LogP contribution in [0.3, 0.4) is 0 Å². The number of anilines is 1. The van der Waals surface area contributed by atoms with Gasteiger partial charge in [0, 0.05) is 13.6 Å². The zero-order valence-electron chi connectivity index (χ0n) is 13.0. The highest BCUT2D eigenvalue weighted by Gasteiger charge is 2.23. The monoisotopic (exact) mass is 282 g/mol. The van der Waals surface area contributed by atoms with Gasteiger partial charge in [-0.1, -0.05) is 39.5 Å². The van der Waals surface area contributed by atoms with Crippen LogP contribution in [0.25, 0.3) is 0 Å². The molecule has 0 aliphatic rings. The summed E-state index contributed by atoms with van der Waals surface area (Å²) in [4.78, 5) is 10.6. The molecule has 0 atom stereocenters. The fourth-order valence-electron chi connectivity index (χ4n) is 2.30. The molecule has 0 aliphatic heterocycles. The van der Waals surface area contributed by atoms with Crippen molar-refractivity contribution in [2.75, 3.05) is 11.9 Å². The molecule has 1 N–H and O–H groups in total. The molecule has 0 amide bonds. The number of nitrogens with zero attached hydrogens (tertiary/aromatic N) is 3. The van der Waals surface area contributed by atoms with Gasteiger partial charge >= 0.3 is 5.69 Å². The summed E-state index contributed by atoms with van der Waals surface area (Å²) < 4.78 is 1.55. The third-order valence-electron chi connectivity index (χ3n) is 3.37. The highest BCUT2D eigenvalue weighted by molar-refractivity contribution is 5.59. The maximum atomic E-state index is 11.0. The van der Waals surface area contributed by atoms with Crippen LogP contribution in [0, 0.1) is 23.0 Å². The largest absolute Gasteiger partial charge is 0.365 e. The average molecular weight is 282 g/mol. The van der Waals surface area contributed by atoms with Crippen molar-refractivity contribution in [3.8, 4) is 0 Å². The second-order valence-corrected chi connectivity index (χ2v) is 5.69. The van der Waals surface area contributed by atoms with Crippen molar-refractivity contribution in [2.24, 2.45) is 13.0 Å². The van der Waals surface area contributed by atoms with Crippen LogP contribution in [-0.2, 0) is 7.05 Å². The van der Waals surface area contributed by atoms with Gasteiger partial charge in [-0.3, -0.25) is 10.1 Å². The summed E-state index contributed by atoms with van der Waals surface area (Å²) in [6.07, 6.45) is 5.96. The van der Waals surface area contributed by atoms with E-state index in [0.29, 0.717) is 11.5 Å². The van der Waals surface area contributed by atoms with Gasteiger partial charge in [-0.25, -0.2) is 4.68 Å². The van der Waals surface area contributed by atoms with Gasteiger partial charge in [-0.15, -0.1) is 0 Å². The Morgan fingerprint density at radius 3 is 2.55 bits per heavy atom. The molecule has 0 fully saturated rings. The first-order chi connectivity index (χ1) is 9.43.